The summed E-state index contributed by atoms with van der Waals surface area (Å²) in [4.78, 5) is 10.6. The summed E-state index contributed by atoms with van der Waals surface area (Å²) in [6.07, 6.45) is 1.43. The predicted octanol–water partition coefficient (Wildman–Crippen LogP) is 1.20. The molecule has 0 aliphatic rings. The van der Waals surface area contributed by atoms with Gasteiger partial charge in [-0.1, -0.05) is 6.07 Å². The minimum Gasteiger partial charge on any atom is -0.508 e. The van der Waals surface area contributed by atoms with E-state index < -0.39 is 5.97 Å². The summed E-state index contributed by atoms with van der Waals surface area (Å²) < 4.78 is 1.49. The molecule has 2 N–H and O–H groups in total. The van der Waals surface area contributed by atoms with E-state index in [9.17, 15) is 9.90 Å². The van der Waals surface area contributed by atoms with Crippen LogP contribution in [0.4, 0.5) is 0 Å². The standard InChI is InChI=1S/C11H10N2O3/c14-10-3-1-2-8(6-10)13-9(4-5-12-13)7-11(15)16/h1-6,14H,7H2,(H,15,16). The largest absolute Gasteiger partial charge is 0.508 e. The van der Waals surface area contributed by atoms with Crippen LogP contribution in [0.1, 0.15) is 5.69 Å². The number of aromatic hydroxyl groups is 1. The molecule has 0 saturated carbocycles. The zero-order valence-electron chi connectivity index (χ0n) is 8.37. The lowest BCUT2D eigenvalue weighted by atomic mass is 10.2. The van der Waals surface area contributed by atoms with Crippen LogP contribution in [0.2, 0.25) is 0 Å². The van der Waals surface area contributed by atoms with E-state index in [0.29, 0.717) is 11.4 Å². The van der Waals surface area contributed by atoms with Gasteiger partial charge in [0.05, 0.1) is 17.8 Å². The fraction of sp³-hybridized carbons (Fsp3) is 0.0909. The number of nitrogens with zero attached hydrogens (tertiary/aromatic N) is 2. The van der Waals surface area contributed by atoms with Crippen LogP contribution < -0.4 is 0 Å². The monoisotopic (exact) mass is 218 g/mol. The fourth-order valence-electron chi connectivity index (χ4n) is 1.48. The molecule has 0 bridgehead atoms. The summed E-state index contributed by atoms with van der Waals surface area (Å²) in [5.74, 6) is -0.795. The Hall–Kier alpha value is -2.30. The molecule has 1 aromatic heterocycles. The summed E-state index contributed by atoms with van der Waals surface area (Å²) in [5, 5.41) is 22.1. The highest BCUT2D eigenvalue weighted by molar-refractivity contribution is 5.69. The molecule has 0 aliphatic heterocycles. The number of phenolic OH excluding ortho intramolecular Hbond substituents is 1. The number of rotatable bonds is 3. The molecule has 0 spiro atoms. The van der Waals surface area contributed by atoms with Crippen LogP contribution in [0.5, 0.6) is 5.75 Å². The van der Waals surface area contributed by atoms with Crippen LogP contribution in [0.15, 0.2) is 36.5 Å². The van der Waals surface area contributed by atoms with E-state index >= 15 is 0 Å². The van der Waals surface area contributed by atoms with Gasteiger partial charge in [-0.2, -0.15) is 5.10 Å². The molecule has 5 heteroatoms. The Morgan fingerprint density at radius 2 is 2.19 bits per heavy atom. The Kier molecular flexibility index (Phi) is 2.59. The molecule has 16 heavy (non-hydrogen) atoms. The minimum absolute atomic E-state index is 0.102. The van der Waals surface area contributed by atoms with Gasteiger partial charge in [-0.05, 0) is 18.2 Å². The Morgan fingerprint density at radius 1 is 1.38 bits per heavy atom. The molecule has 0 amide bonds. The van der Waals surface area contributed by atoms with Crippen molar-refractivity contribution in [1.29, 1.82) is 0 Å². The highest BCUT2D eigenvalue weighted by atomic mass is 16.4. The smallest absolute Gasteiger partial charge is 0.309 e. The van der Waals surface area contributed by atoms with E-state index in [4.69, 9.17) is 5.11 Å². The molecular weight excluding hydrogens is 208 g/mol. The topological polar surface area (TPSA) is 75.3 Å². The Bertz CT molecular complexity index is 519. The Morgan fingerprint density at radius 3 is 2.88 bits per heavy atom. The van der Waals surface area contributed by atoms with E-state index in [2.05, 4.69) is 5.10 Å². The maximum absolute atomic E-state index is 10.6. The average Bonchev–Trinajstić information content (AvgIpc) is 2.65. The van der Waals surface area contributed by atoms with Gasteiger partial charge in [0, 0.05) is 12.3 Å². The number of hydrogen-bond acceptors (Lipinski definition) is 3. The average molecular weight is 218 g/mol. The number of carboxylic acids is 1. The maximum Gasteiger partial charge on any atom is 0.309 e. The molecule has 0 unspecified atom stereocenters. The van der Waals surface area contributed by atoms with Crippen LogP contribution in [0.3, 0.4) is 0 Å². The van der Waals surface area contributed by atoms with E-state index in [0.717, 1.165) is 0 Å². The molecule has 0 aliphatic carbocycles. The molecule has 2 rings (SSSR count). The van der Waals surface area contributed by atoms with Crippen molar-refractivity contribution in [2.75, 3.05) is 0 Å². The molecule has 0 saturated heterocycles. The molecule has 5 nitrogen and oxygen atoms in total. The highest BCUT2D eigenvalue weighted by Gasteiger charge is 2.08. The molecular formula is C11H10N2O3. The second-order valence-corrected chi connectivity index (χ2v) is 3.32. The first-order valence-corrected chi connectivity index (χ1v) is 4.71. The highest BCUT2D eigenvalue weighted by Crippen LogP contribution is 2.16. The number of aliphatic carboxylic acids is 1. The summed E-state index contributed by atoms with van der Waals surface area (Å²) in [6, 6.07) is 8.13. The van der Waals surface area contributed by atoms with Crippen molar-refractivity contribution in [3.05, 3.63) is 42.2 Å². The van der Waals surface area contributed by atoms with Crippen molar-refractivity contribution in [2.45, 2.75) is 6.42 Å². The van der Waals surface area contributed by atoms with Crippen LogP contribution in [-0.4, -0.2) is 26.0 Å². The van der Waals surface area contributed by atoms with Gasteiger partial charge in [-0.25, -0.2) is 4.68 Å². The third-order valence-electron chi connectivity index (χ3n) is 2.13. The first-order chi connectivity index (χ1) is 7.66. The molecule has 2 aromatic rings. The lowest BCUT2D eigenvalue weighted by Crippen LogP contribution is -2.07. The van der Waals surface area contributed by atoms with Crippen LogP contribution in [0, 0.1) is 0 Å². The van der Waals surface area contributed by atoms with Gasteiger partial charge >= 0.3 is 5.97 Å². The Balaban J connectivity index is 2.40. The zero-order chi connectivity index (χ0) is 11.5. The van der Waals surface area contributed by atoms with Crippen molar-refractivity contribution < 1.29 is 15.0 Å². The second kappa shape index (κ2) is 4.06. The number of phenols is 1. The number of benzene rings is 1. The number of hydrogen-bond donors (Lipinski definition) is 2. The van der Waals surface area contributed by atoms with Gasteiger partial charge in [0.15, 0.2) is 0 Å². The van der Waals surface area contributed by atoms with Gasteiger partial charge in [0.1, 0.15) is 5.75 Å². The maximum atomic E-state index is 10.6. The summed E-state index contributed by atoms with van der Waals surface area (Å²) in [7, 11) is 0. The first-order valence-electron chi connectivity index (χ1n) is 4.71. The normalized spacial score (nSPS) is 10.2. The van der Waals surface area contributed by atoms with E-state index in [-0.39, 0.29) is 12.2 Å². The minimum atomic E-state index is -0.915. The molecule has 1 aromatic carbocycles. The van der Waals surface area contributed by atoms with Crippen molar-refractivity contribution in [1.82, 2.24) is 9.78 Å². The quantitative estimate of drug-likeness (QED) is 0.811. The van der Waals surface area contributed by atoms with Gasteiger partial charge in [0.2, 0.25) is 0 Å². The van der Waals surface area contributed by atoms with Gasteiger partial charge in [-0.15, -0.1) is 0 Å². The Labute approximate surface area is 91.6 Å². The zero-order valence-corrected chi connectivity index (χ0v) is 8.37. The van der Waals surface area contributed by atoms with E-state index in [1.807, 2.05) is 0 Å². The lowest BCUT2D eigenvalue weighted by molar-refractivity contribution is -0.136. The summed E-state index contributed by atoms with van der Waals surface area (Å²) in [5.41, 5.74) is 1.21. The van der Waals surface area contributed by atoms with Crippen LogP contribution >= 0.6 is 0 Å². The number of carboxylic acid groups (broad SMARTS) is 1. The summed E-state index contributed by atoms with van der Waals surface area (Å²) >= 11 is 0. The van der Waals surface area contributed by atoms with Crippen LogP contribution in [-0.2, 0) is 11.2 Å². The van der Waals surface area contributed by atoms with Crippen LogP contribution in [0.25, 0.3) is 5.69 Å². The SMILES string of the molecule is O=C(O)Cc1ccnn1-c1cccc(O)c1. The summed E-state index contributed by atoms with van der Waals surface area (Å²) in [6.45, 7) is 0. The molecule has 1 heterocycles. The predicted molar refractivity (Wildman–Crippen MR) is 56.6 cm³/mol. The lowest BCUT2D eigenvalue weighted by Gasteiger charge is -2.05. The molecule has 0 atom stereocenters. The second-order valence-electron chi connectivity index (χ2n) is 3.32. The third-order valence-corrected chi connectivity index (χ3v) is 2.13. The van der Waals surface area contributed by atoms with Crippen molar-refractivity contribution in [2.24, 2.45) is 0 Å². The van der Waals surface area contributed by atoms with Gasteiger partial charge in [-0.3, -0.25) is 4.79 Å². The van der Waals surface area contributed by atoms with Crippen molar-refractivity contribution in [3.8, 4) is 11.4 Å². The van der Waals surface area contributed by atoms with E-state index in [1.54, 1.807) is 24.3 Å². The van der Waals surface area contributed by atoms with Gasteiger partial charge in [0.25, 0.3) is 0 Å². The molecule has 0 fully saturated rings. The number of aromatic nitrogens is 2. The third kappa shape index (κ3) is 2.03. The van der Waals surface area contributed by atoms with Crippen molar-refractivity contribution in [3.63, 3.8) is 0 Å². The fourth-order valence-corrected chi connectivity index (χ4v) is 1.48. The van der Waals surface area contributed by atoms with Gasteiger partial charge < -0.3 is 10.2 Å². The molecule has 0 radical (unpaired) electrons. The molecule has 82 valence electrons. The van der Waals surface area contributed by atoms with Crippen molar-refractivity contribution >= 4 is 5.97 Å². The first kappa shape index (κ1) is 10.2. The van der Waals surface area contributed by atoms with E-state index in [1.165, 1.54) is 16.9 Å². The number of carbonyl (C=O) groups is 1.